The molecule has 2 heteroatoms. The molecule has 0 radical (unpaired) electrons. The highest BCUT2D eigenvalue weighted by Gasteiger charge is 2.26. The van der Waals surface area contributed by atoms with Crippen LogP contribution in [0.15, 0.2) is 0 Å². The van der Waals surface area contributed by atoms with Gasteiger partial charge in [-0.15, -0.1) is 0 Å². The van der Waals surface area contributed by atoms with Crippen molar-refractivity contribution >= 4 is 5.97 Å². The predicted octanol–water partition coefficient (Wildman–Crippen LogP) is 3.85. The minimum absolute atomic E-state index is 0.0464. The van der Waals surface area contributed by atoms with E-state index in [1.807, 2.05) is 0 Å². The molecule has 1 aliphatic carbocycles. The zero-order valence-electron chi connectivity index (χ0n) is 9.87. The summed E-state index contributed by atoms with van der Waals surface area (Å²) < 4.78 is 0. The Bertz CT molecular complexity index is 189. The second-order valence-corrected chi connectivity index (χ2v) is 4.92. The van der Waals surface area contributed by atoms with Gasteiger partial charge in [0.1, 0.15) is 0 Å². The van der Waals surface area contributed by atoms with Gasteiger partial charge in [-0.25, -0.2) is 0 Å². The van der Waals surface area contributed by atoms with Gasteiger partial charge in [-0.2, -0.15) is 0 Å². The zero-order chi connectivity index (χ0) is 11.1. The summed E-state index contributed by atoms with van der Waals surface area (Å²) in [5.41, 5.74) is 0. The zero-order valence-corrected chi connectivity index (χ0v) is 9.87. The monoisotopic (exact) mass is 212 g/mol. The first-order valence-electron chi connectivity index (χ1n) is 6.46. The molecule has 0 bridgehead atoms. The van der Waals surface area contributed by atoms with E-state index >= 15 is 0 Å². The normalized spacial score (nSPS) is 26.5. The summed E-state index contributed by atoms with van der Waals surface area (Å²) in [6.07, 6.45) is 10.7. The van der Waals surface area contributed by atoms with Crippen molar-refractivity contribution in [1.29, 1.82) is 0 Å². The van der Waals surface area contributed by atoms with Crippen LogP contribution >= 0.6 is 0 Å². The maximum Gasteiger partial charge on any atom is 0.306 e. The number of carboxylic acid groups (broad SMARTS) is 1. The fraction of sp³-hybridized carbons (Fsp3) is 0.923. The Hall–Kier alpha value is -0.530. The molecule has 0 aromatic carbocycles. The predicted molar refractivity (Wildman–Crippen MR) is 61.8 cm³/mol. The Morgan fingerprint density at radius 3 is 2.73 bits per heavy atom. The van der Waals surface area contributed by atoms with Crippen molar-refractivity contribution in [2.75, 3.05) is 0 Å². The molecule has 0 saturated heterocycles. The van der Waals surface area contributed by atoms with E-state index < -0.39 is 5.97 Å². The summed E-state index contributed by atoms with van der Waals surface area (Å²) in [5.74, 6) is 0.0693. The van der Waals surface area contributed by atoms with Gasteiger partial charge in [0.2, 0.25) is 0 Å². The highest BCUT2D eigenvalue weighted by Crippen LogP contribution is 2.32. The maximum atomic E-state index is 10.9. The van der Waals surface area contributed by atoms with E-state index in [0.29, 0.717) is 5.92 Å². The third kappa shape index (κ3) is 4.67. The van der Waals surface area contributed by atoms with Crippen LogP contribution in [-0.4, -0.2) is 11.1 Å². The largest absolute Gasteiger partial charge is 0.481 e. The van der Waals surface area contributed by atoms with Crippen LogP contribution in [0.25, 0.3) is 0 Å². The Morgan fingerprint density at radius 2 is 2.07 bits per heavy atom. The van der Waals surface area contributed by atoms with Crippen molar-refractivity contribution in [3.8, 4) is 0 Å². The Morgan fingerprint density at radius 1 is 1.27 bits per heavy atom. The molecule has 0 spiro atoms. The van der Waals surface area contributed by atoms with E-state index in [2.05, 4.69) is 6.92 Å². The van der Waals surface area contributed by atoms with E-state index in [-0.39, 0.29) is 5.92 Å². The van der Waals surface area contributed by atoms with Crippen LogP contribution in [-0.2, 0) is 4.79 Å². The number of unbranched alkanes of at least 4 members (excludes halogenated alkanes) is 3. The van der Waals surface area contributed by atoms with Gasteiger partial charge in [0, 0.05) is 0 Å². The Balaban J connectivity index is 2.15. The molecule has 2 unspecified atom stereocenters. The van der Waals surface area contributed by atoms with E-state index in [1.165, 1.54) is 38.5 Å². The fourth-order valence-electron chi connectivity index (χ4n) is 2.64. The Kier molecular flexibility index (Phi) is 5.74. The standard InChI is InChI=1S/C13H24O2/c1-2-3-4-5-7-11-8-6-9-12(10-11)13(14)15/h11-12H,2-10H2,1H3,(H,14,15). The third-order valence-electron chi connectivity index (χ3n) is 3.60. The van der Waals surface area contributed by atoms with Gasteiger partial charge >= 0.3 is 5.97 Å². The first kappa shape index (κ1) is 12.5. The molecule has 2 atom stereocenters. The van der Waals surface area contributed by atoms with Crippen molar-refractivity contribution < 1.29 is 9.90 Å². The minimum Gasteiger partial charge on any atom is -0.481 e. The summed E-state index contributed by atoms with van der Waals surface area (Å²) in [4.78, 5) is 10.9. The van der Waals surface area contributed by atoms with E-state index in [9.17, 15) is 4.79 Å². The molecule has 0 aromatic heterocycles. The van der Waals surface area contributed by atoms with Gasteiger partial charge in [-0.05, 0) is 18.8 Å². The molecule has 1 saturated carbocycles. The molecule has 0 aliphatic heterocycles. The van der Waals surface area contributed by atoms with Crippen molar-refractivity contribution in [1.82, 2.24) is 0 Å². The molecule has 1 fully saturated rings. The van der Waals surface area contributed by atoms with Gasteiger partial charge in [-0.3, -0.25) is 4.79 Å². The van der Waals surface area contributed by atoms with E-state index in [1.54, 1.807) is 0 Å². The number of aliphatic carboxylic acids is 1. The second kappa shape index (κ2) is 6.86. The molecule has 1 N–H and O–H groups in total. The molecule has 0 amide bonds. The van der Waals surface area contributed by atoms with Crippen LogP contribution in [0.5, 0.6) is 0 Å². The van der Waals surface area contributed by atoms with Crippen molar-refractivity contribution in [2.24, 2.45) is 11.8 Å². The van der Waals surface area contributed by atoms with Gasteiger partial charge in [0.05, 0.1) is 5.92 Å². The SMILES string of the molecule is CCCCCCC1CCCC(C(=O)O)C1. The molecular weight excluding hydrogens is 188 g/mol. The molecular formula is C13H24O2. The highest BCUT2D eigenvalue weighted by molar-refractivity contribution is 5.70. The van der Waals surface area contributed by atoms with Crippen LogP contribution in [0.4, 0.5) is 0 Å². The maximum absolute atomic E-state index is 10.9. The van der Waals surface area contributed by atoms with Crippen molar-refractivity contribution in [3.05, 3.63) is 0 Å². The quantitative estimate of drug-likeness (QED) is 0.679. The summed E-state index contributed by atoms with van der Waals surface area (Å²) in [5, 5.41) is 8.97. The van der Waals surface area contributed by atoms with E-state index in [0.717, 1.165) is 19.3 Å². The summed E-state index contributed by atoms with van der Waals surface area (Å²) in [7, 11) is 0. The number of hydrogen-bond acceptors (Lipinski definition) is 1. The van der Waals surface area contributed by atoms with Gasteiger partial charge < -0.3 is 5.11 Å². The smallest absolute Gasteiger partial charge is 0.306 e. The third-order valence-corrected chi connectivity index (χ3v) is 3.60. The second-order valence-electron chi connectivity index (χ2n) is 4.92. The average Bonchev–Trinajstić information content (AvgIpc) is 2.25. The number of rotatable bonds is 6. The minimum atomic E-state index is -0.576. The van der Waals surface area contributed by atoms with Crippen LogP contribution in [0, 0.1) is 11.8 Å². The number of carboxylic acids is 1. The lowest BCUT2D eigenvalue weighted by atomic mass is 9.79. The number of carbonyl (C=O) groups is 1. The summed E-state index contributed by atoms with van der Waals surface area (Å²) in [6, 6.07) is 0. The topological polar surface area (TPSA) is 37.3 Å². The molecule has 1 rings (SSSR count). The summed E-state index contributed by atoms with van der Waals surface area (Å²) in [6.45, 7) is 2.22. The lowest BCUT2D eigenvalue weighted by Gasteiger charge is -2.26. The van der Waals surface area contributed by atoms with Crippen molar-refractivity contribution in [3.63, 3.8) is 0 Å². The van der Waals surface area contributed by atoms with Crippen LogP contribution in [0.3, 0.4) is 0 Å². The molecule has 2 nitrogen and oxygen atoms in total. The Labute approximate surface area is 93.1 Å². The first-order valence-corrected chi connectivity index (χ1v) is 6.46. The van der Waals surface area contributed by atoms with Gasteiger partial charge in [0.15, 0.2) is 0 Å². The molecule has 0 heterocycles. The molecule has 15 heavy (non-hydrogen) atoms. The summed E-state index contributed by atoms with van der Waals surface area (Å²) >= 11 is 0. The fourth-order valence-corrected chi connectivity index (χ4v) is 2.64. The highest BCUT2D eigenvalue weighted by atomic mass is 16.4. The van der Waals surface area contributed by atoms with Crippen molar-refractivity contribution in [2.45, 2.75) is 64.7 Å². The van der Waals surface area contributed by atoms with Crippen LogP contribution in [0.2, 0.25) is 0 Å². The van der Waals surface area contributed by atoms with Gasteiger partial charge in [0.25, 0.3) is 0 Å². The lowest BCUT2D eigenvalue weighted by Crippen LogP contribution is -2.22. The van der Waals surface area contributed by atoms with Gasteiger partial charge in [-0.1, -0.05) is 51.9 Å². The molecule has 88 valence electrons. The van der Waals surface area contributed by atoms with Crippen LogP contribution in [0.1, 0.15) is 64.7 Å². The van der Waals surface area contributed by atoms with E-state index in [4.69, 9.17) is 5.11 Å². The average molecular weight is 212 g/mol. The molecule has 1 aliphatic rings. The number of hydrogen-bond donors (Lipinski definition) is 1. The van der Waals surface area contributed by atoms with Crippen LogP contribution < -0.4 is 0 Å². The lowest BCUT2D eigenvalue weighted by molar-refractivity contribution is -0.143. The first-order chi connectivity index (χ1) is 7.24. The molecule has 0 aromatic rings.